The summed E-state index contributed by atoms with van der Waals surface area (Å²) in [4.78, 5) is 19.6. The van der Waals surface area contributed by atoms with Crippen molar-refractivity contribution in [1.29, 1.82) is 0 Å². The smallest absolute Gasteiger partial charge is 0.407 e. The maximum Gasteiger partial charge on any atom is 0.407 e. The van der Waals surface area contributed by atoms with E-state index in [9.17, 15) is 4.79 Å². The van der Waals surface area contributed by atoms with Crippen molar-refractivity contribution >= 4 is 6.09 Å². The van der Waals surface area contributed by atoms with Crippen LogP contribution in [0.4, 0.5) is 4.79 Å². The Bertz CT molecular complexity index is 427. The maximum absolute atomic E-state index is 11.6. The van der Waals surface area contributed by atoms with Gasteiger partial charge in [0.1, 0.15) is 11.9 Å². The van der Waals surface area contributed by atoms with Crippen molar-refractivity contribution in [3.8, 4) is 0 Å². The monoisotopic (exact) mass is 280 g/mol. The van der Waals surface area contributed by atoms with Gasteiger partial charge in [-0.3, -0.25) is 0 Å². The number of alkyl carbamates (subject to hydrolysis) is 1. The van der Waals surface area contributed by atoms with Gasteiger partial charge in [0.15, 0.2) is 0 Å². The summed E-state index contributed by atoms with van der Waals surface area (Å²) in [6, 6.07) is 1.85. The molecule has 0 saturated carbocycles. The molecule has 0 aliphatic heterocycles. The van der Waals surface area contributed by atoms with Crippen LogP contribution in [0.2, 0.25) is 0 Å². The highest BCUT2D eigenvalue weighted by Gasteiger charge is 2.21. The zero-order valence-corrected chi connectivity index (χ0v) is 12.9. The van der Waals surface area contributed by atoms with E-state index in [1.807, 2.05) is 40.7 Å². The zero-order valence-electron chi connectivity index (χ0n) is 12.9. The quantitative estimate of drug-likeness (QED) is 0.861. The van der Waals surface area contributed by atoms with Gasteiger partial charge in [0.05, 0.1) is 5.69 Å². The lowest BCUT2D eigenvalue weighted by Crippen LogP contribution is -2.49. The summed E-state index contributed by atoms with van der Waals surface area (Å²) >= 11 is 0. The van der Waals surface area contributed by atoms with Crippen molar-refractivity contribution in [3.05, 3.63) is 24.3 Å². The Morgan fingerprint density at radius 1 is 1.30 bits per heavy atom. The molecule has 0 fully saturated rings. The van der Waals surface area contributed by atoms with Crippen LogP contribution in [0.15, 0.2) is 18.6 Å². The van der Waals surface area contributed by atoms with Crippen LogP contribution in [0.5, 0.6) is 0 Å². The highest BCUT2D eigenvalue weighted by molar-refractivity contribution is 5.67. The minimum Gasteiger partial charge on any atom is -0.444 e. The molecule has 1 heterocycles. The van der Waals surface area contributed by atoms with Crippen molar-refractivity contribution < 1.29 is 9.53 Å². The molecule has 1 rings (SSSR count). The van der Waals surface area contributed by atoms with Gasteiger partial charge < -0.3 is 15.4 Å². The number of carbonyl (C=O) groups is 1. The molecule has 0 bridgehead atoms. The van der Waals surface area contributed by atoms with Crippen LogP contribution in [0.25, 0.3) is 0 Å². The van der Waals surface area contributed by atoms with Gasteiger partial charge in [0, 0.05) is 24.8 Å². The molecule has 0 radical (unpaired) electrons. The van der Waals surface area contributed by atoms with Crippen molar-refractivity contribution in [1.82, 2.24) is 20.6 Å². The number of hydrogen-bond acceptors (Lipinski definition) is 5. The lowest BCUT2D eigenvalue weighted by molar-refractivity contribution is 0.0513. The molecule has 112 valence electrons. The molecular weight excluding hydrogens is 256 g/mol. The van der Waals surface area contributed by atoms with Gasteiger partial charge in [-0.05, 0) is 40.7 Å². The van der Waals surface area contributed by atoms with E-state index in [1.54, 1.807) is 6.20 Å². The van der Waals surface area contributed by atoms with Crippen LogP contribution in [-0.4, -0.2) is 33.7 Å². The lowest BCUT2D eigenvalue weighted by atomic mass is 10.1. The van der Waals surface area contributed by atoms with Crippen molar-refractivity contribution in [2.45, 2.75) is 52.3 Å². The topological polar surface area (TPSA) is 76.1 Å². The molecule has 0 saturated heterocycles. The third-order valence-electron chi connectivity index (χ3n) is 2.46. The van der Waals surface area contributed by atoms with Crippen LogP contribution in [0, 0.1) is 0 Å². The predicted octanol–water partition coefficient (Wildman–Crippen LogP) is 1.87. The number of amides is 1. The van der Waals surface area contributed by atoms with Gasteiger partial charge in [0.25, 0.3) is 0 Å². The molecule has 2 N–H and O–H groups in total. The van der Waals surface area contributed by atoms with Gasteiger partial charge in [-0.2, -0.15) is 0 Å². The first-order valence-electron chi connectivity index (χ1n) is 6.65. The highest BCUT2D eigenvalue weighted by atomic mass is 16.6. The maximum atomic E-state index is 11.6. The van der Waals surface area contributed by atoms with Crippen LogP contribution < -0.4 is 10.6 Å². The Morgan fingerprint density at radius 3 is 2.55 bits per heavy atom. The molecule has 0 unspecified atom stereocenters. The van der Waals surface area contributed by atoms with E-state index in [0.29, 0.717) is 13.1 Å². The van der Waals surface area contributed by atoms with E-state index in [4.69, 9.17) is 4.74 Å². The van der Waals surface area contributed by atoms with Gasteiger partial charge in [-0.1, -0.05) is 0 Å². The summed E-state index contributed by atoms with van der Waals surface area (Å²) in [5.41, 5.74) is 0.162. The number of nitrogens with one attached hydrogen (secondary N) is 2. The molecular formula is C14H24N4O2. The Hall–Kier alpha value is -1.69. The average molecular weight is 280 g/mol. The largest absolute Gasteiger partial charge is 0.444 e. The van der Waals surface area contributed by atoms with Gasteiger partial charge >= 0.3 is 6.09 Å². The van der Waals surface area contributed by atoms with Gasteiger partial charge in [0.2, 0.25) is 0 Å². The molecule has 6 nitrogen and oxygen atoms in total. The van der Waals surface area contributed by atoms with Crippen LogP contribution in [0.1, 0.15) is 40.3 Å². The molecule has 6 heteroatoms. The number of aromatic nitrogens is 2. The number of nitrogens with zero attached hydrogens (tertiary/aromatic N) is 2. The summed E-state index contributed by atoms with van der Waals surface area (Å²) in [5, 5.41) is 6.09. The molecule has 0 atom stereocenters. The zero-order chi connectivity index (χ0) is 15.2. The second-order valence-corrected chi connectivity index (χ2v) is 6.29. The predicted molar refractivity (Wildman–Crippen MR) is 77.2 cm³/mol. The Balaban J connectivity index is 2.36. The summed E-state index contributed by atoms with van der Waals surface area (Å²) in [5.74, 6) is 0. The summed E-state index contributed by atoms with van der Waals surface area (Å²) in [7, 11) is 0. The number of rotatable bonds is 5. The van der Waals surface area contributed by atoms with E-state index >= 15 is 0 Å². The first-order valence-corrected chi connectivity index (χ1v) is 6.65. The molecule has 0 spiro atoms. The first-order chi connectivity index (χ1) is 9.18. The van der Waals surface area contributed by atoms with E-state index in [2.05, 4.69) is 20.6 Å². The summed E-state index contributed by atoms with van der Waals surface area (Å²) in [6.07, 6.45) is 2.81. The van der Waals surface area contributed by atoms with Crippen LogP contribution >= 0.6 is 0 Å². The lowest BCUT2D eigenvalue weighted by Gasteiger charge is -2.27. The summed E-state index contributed by atoms with van der Waals surface area (Å²) < 4.78 is 5.20. The normalized spacial score (nSPS) is 12.1. The third kappa shape index (κ3) is 7.04. The van der Waals surface area contributed by atoms with E-state index < -0.39 is 11.7 Å². The molecule has 1 amide bonds. The summed E-state index contributed by atoms with van der Waals surface area (Å²) in [6.45, 7) is 10.6. The van der Waals surface area contributed by atoms with Crippen LogP contribution in [0.3, 0.4) is 0 Å². The Morgan fingerprint density at radius 2 is 2.00 bits per heavy atom. The van der Waals surface area contributed by atoms with Crippen molar-refractivity contribution in [2.24, 2.45) is 0 Å². The SMILES string of the molecule is CC(C)(CNC(=O)OC(C)(C)C)NCc1ccncn1. The van der Waals surface area contributed by atoms with Gasteiger partial charge in [-0.15, -0.1) is 0 Å². The highest BCUT2D eigenvalue weighted by Crippen LogP contribution is 2.07. The molecule has 1 aromatic rings. The number of ether oxygens (including phenoxy) is 1. The average Bonchev–Trinajstić information content (AvgIpc) is 2.34. The van der Waals surface area contributed by atoms with Crippen molar-refractivity contribution in [3.63, 3.8) is 0 Å². The van der Waals surface area contributed by atoms with Crippen LogP contribution in [-0.2, 0) is 11.3 Å². The second-order valence-electron chi connectivity index (χ2n) is 6.29. The second kappa shape index (κ2) is 6.65. The molecule has 1 aromatic heterocycles. The number of hydrogen-bond donors (Lipinski definition) is 2. The fraction of sp³-hybridized carbons (Fsp3) is 0.643. The van der Waals surface area contributed by atoms with E-state index in [1.165, 1.54) is 6.33 Å². The van der Waals surface area contributed by atoms with Crippen molar-refractivity contribution in [2.75, 3.05) is 6.54 Å². The minimum absolute atomic E-state index is 0.262. The van der Waals surface area contributed by atoms with E-state index in [-0.39, 0.29) is 5.54 Å². The fourth-order valence-corrected chi connectivity index (χ4v) is 1.42. The molecule has 0 aliphatic carbocycles. The third-order valence-corrected chi connectivity index (χ3v) is 2.46. The fourth-order valence-electron chi connectivity index (χ4n) is 1.42. The van der Waals surface area contributed by atoms with E-state index in [0.717, 1.165) is 5.69 Å². The molecule has 20 heavy (non-hydrogen) atoms. The van der Waals surface area contributed by atoms with Gasteiger partial charge in [-0.25, -0.2) is 14.8 Å². The Kier molecular flexibility index (Phi) is 5.44. The molecule has 0 aromatic carbocycles. The standard InChI is InChI=1S/C14H24N4O2/c1-13(2,3)20-12(19)16-9-14(4,5)18-8-11-6-7-15-10-17-11/h6-7,10,18H,8-9H2,1-5H3,(H,16,19). The Labute approximate surface area is 120 Å². The molecule has 0 aliphatic rings. The number of carbonyl (C=O) groups excluding carboxylic acids is 1. The first kappa shape index (κ1) is 16.4. The minimum atomic E-state index is -0.484.